The number of nitrogens with zero attached hydrogens (tertiary/aromatic N) is 1. The van der Waals surface area contributed by atoms with E-state index in [0.717, 1.165) is 17.0 Å². The molecule has 2 aromatic rings. The summed E-state index contributed by atoms with van der Waals surface area (Å²) >= 11 is 0. The molecule has 1 aliphatic carbocycles. The van der Waals surface area contributed by atoms with Crippen molar-refractivity contribution in [1.82, 2.24) is 4.98 Å². The van der Waals surface area contributed by atoms with Gasteiger partial charge in [-0.3, -0.25) is 4.98 Å². The van der Waals surface area contributed by atoms with E-state index < -0.39 is 0 Å². The van der Waals surface area contributed by atoms with Gasteiger partial charge >= 0.3 is 0 Å². The van der Waals surface area contributed by atoms with E-state index in [2.05, 4.69) is 35.9 Å². The molecule has 1 aliphatic rings. The Labute approximate surface area is 127 Å². The van der Waals surface area contributed by atoms with Crippen molar-refractivity contribution in [2.75, 3.05) is 0 Å². The summed E-state index contributed by atoms with van der Waals surface area (Å²) in [5.41, 5.74) is 3.28. The fourth-order valence-corrected chi connectivity index (χ4v) is 3.09. The van der Waals surface area contributed by atoms with E-state index in [1.165, 1.54) is 31.4 Å². The SMILES string of the molecule is C[C@@H]1CCC[C@@H](c2ccc(C#Cc3ccccc3)cn2)C1. The Morgan fingerprint density at radius 3 is 2.48 bits per heavy atom. The molecule has 0 bridgehead atoms. The van der Waals surface area contributed by atoms with E-state index in [4.69, 9.17) is 0 Å². The number of rotatable bonds is 1. The summed E-state index contributed by atoms with van der Waals surface area (Å²) in [5, 5.41) is 0. The van der Waals surface area contributed by atoms with Gasteiger partial charge in [-0.1, -0.05) is 49.8 Å². The maximum atomic E-state index is 4.65. The molecule has 1 heteroatoms. The van der Waals surface area contributed by atoms with E-state index in [-0.39, 0.29) is 0 Å². The first-order valence-corrected chi connectivity index (χ1v) is 7.84. The highest BCUT2D eigenvalue weighted by Crippen LogP contribution is 2.34. The second kappa shape index (κ2) is 6.59. The van der Waals surface area contributed by atoms with E-state index in [0.29, 0.717) is 5.92 Å². The van der Waals surface area contributed by atoms with Crippen LogP contribution < -0.4 is 0 Å². The Hall–Kier alpha value is -2.07. The van der Waals surface area contributed by atoms with Crippen molar-refractivity contribution in [1.29, 1.82) is 0 Å². The molecule has 3 rings (SSSR count). The second-order valence-corrected chi connectivity index (χ2v) is 6.06. The molecular formula is C20H21N. The molecule has 1 aromatic carbocycles. The second-order valence-electron chi connectivity index (χ2n) is 6.06. The third-order valence-electron chi connectivity index (χ3n) is 4.27. The molecule has 1 fully saturated rings. The monoisotopic (exact) mass is 275 g/mol. The minimum absolute atomic E-state index is 0.643. The highest BCUT2D eigenvalue weighted by atomic mass is 14.7. The molecule has 0 N–H and O–H groups in total. The third-order valence-corrected chi connectivity index (χ3v) is 4.27. The lowest BCUT2D eigenvalue weighted by atomic mass is 9.80. The van der Waals surface area contributed by atoms with Gasteiger partial charge in [0, 0.05) is 28.9 Å². The number of aromatic nitrogens is 1. The fraction of sp³-hybridized carbons (Fsp3) is 0.350. The zero-order chi connectivity index (χ0) is 14.5. The smallest absolute Gasteiger partial charge is 0.0435 e. The molecule has 1 nitrogen and oxygen atoms in total. The van der Waals surface area contributed by atoms with Crippen LogP contribution in [0.2, 0.25) is 0 Å². The van der Waals surface area contributed by atoms with E-state index >= 15 is 0 Å². The van der Waals surface area contributed by atoms with Crippen LogP contribution in [0.3, 0.4) is 0 Å². The molecule has 0 spiro atoms. The van der Waals surface area contributed by atoms with Gasteiger partial charge in [-0.25, -0.2) is 0 Å². The van der Waals surface area contributed by atoms with Crippen molar-refractivity contribution < 1.29 is 0 Å². The molecule has 1 aromatic heterocycles. The Bertz CT molecular complexity index is 631. The lowest BCUT2D eigenvalue weighted by molar-refractivity contribution is 0.340. The average Bonchev–Trinajstić information content (AvgIpc) is 2.54. The van der Waals surface area contributed by atoms with Crippen molar-refractivity contribution in [2.24, 2.45) is 5.92 Å². The van der Waals surface area contributed by atoms with Crippen LogP contribution in [0.25, 0.3) is 0 Å². The summed E-state index contributed by atoms with van der Waals surface area (Å²) in [4.78, 5) is 4.65. The lowest BCUT2D eigenvalue weighted by Crippen LogP contribution is -2.12. The standard InChI is InChI=1S/C20H21N/c1-16-6-5-9-19(14-16)20-13-12-18(15-21-20)11-10-17-7-3-2-4-8-17/h2-4,7-8,12-13,15-16,19H,5-6,9,14H2,1H3/t16-,19-/m1/s1. The lowest BCUT2D eigenvalue weighted by Gasteiger charge is -2.26. The minimum atomic E-state index is 0.643. The fourth-order valence-electron chi connectivity index (χ4n) is 3.09. The number of hydrogen-bond acceptors (Lipinski definition) is 1. The first-order chi connectivity index (χ1) is 10.3. The van der Waals surface area contributed by atoms with E-state index in [1.807, 2.05) is 36.5 Å². The van der Waals surface area contributed by atoms with Gasteiger partial charge in [0.15, 0.2) is 0 Å². The van der Waals surface area contributed by atoms with Crippen molar-refractivity contribution in [2.45, 2.75) is 38.5 Å². The molecule has 106 valence electrons. The Morgan fingerprint density at radius 2 is 1.76 bits per heavy atom. The highest BCUT2D eigenvalue weighted by molar-refractivity contribution is 5.41. The summed E-state index contributed by atoms with van der Waals surface area (Å²) in [6.07, 6.45) is 7.19. The van der Waals surface area contributed by atoms with Gasteiger partial charge in [0.05, 0.1) is 0 Å². The summed E-state index contributed by atoms with van der Waals surface area (Å²) in [6.45, 7) is 2.35. The molecule has 21 heavy (non-hydrogen) atoms. The van der Waals surface area contributed by atoms with Crippen LogP contribution in [0.15, 0.2) is 48.7 Å². The first kappa shape index (κ1) is 13.9. The van der Waals surface area contributed by atoms with Crippen molar-refractivity contribution in [3.8, 4) is 11.8 Å². The van der Waals surface area contributed by atoms with Gasteiger partial charge < -0.3 is 0 Å². The highest BCUT2D eigenvalue weighted by Gasteiger charge is 2.20. The summed E-state index contributed by atoms with van der Waals surface area (Å²) < 4.78 is 0. The van der Waals surface area contributed by atoms with Crippen LogP contribution in [-0.2, 0) is 0 Å². The van der Waals surface area contributed by atoms with E-state index in [1.54, 1.807) is 0 Å². The molecule has 0 amide bonds. The van der Waals surface area contributed by atoms with Gasteiger partial charge in [-0.15, -0.1) is 0 Å². The van der Waals surface area contributed by atoms with Gasteiger partial charge in [-0.05, 0) is 43.0 Å². The van der Waals surface area contributed by atoms with Gasteiger partial charge in [0.25, 0.3) is 0 Å². The van der Waals surface area contributed by atoms with Gasteiger partial charge in [-0.2, -0.15) is 0 Å². The largest absolute Gasteiger partial charge is 0.260 e. The van der Waals surface area contributed by atoms with Crippen LogP contribution >= 0.6 is 0 Å². The zero-order valence-corrected chi connectivity index (χ0v) is 12.5. The topological polar surface area (TPSA) is 12.9 Å². The quantitative estimate of drug-likeness (QED) is 0.683. The molecule has 0 aliphatic heterocycles. The van der Waals surface area contributed by atoms with Gasteiger partial charge in [0.2, 0.25) is 0 Å². The van der Waals surface area contributed by atoms with Crippen LogP contribution in [-0.4, -0.2) is 4.98 Å². The molecular weight excluding hydrogens is 254 g/mol. The minimum Gasteiger partial charge on any atom is -0.260 e. The zero-order valence-electron chi connectivity index (χ0n) is 12.5. The predicted molar refractivity (Wildman–Crippen MR) is 87.0 cm³/mol. The maximum absolute atomic E-state index is 4.65. The van der Waals surface area contributed by atoms with Crippen molar-refractivity contribution in [3.05, 3.63) is 65.5 Å². The number of pyridine rings is 1. The van der Waals surface area contributed by atoms with Crippen LogP contribution in [0.1, 0.15) is 55.3 Å². The summed E-state index contributed by atoms with van der Waals surface area (Å²) in [6, 6.07) is 14.4. The molecule has 0 saturated heterocycles. The normalized spacial score (nSPS) is 21.4. The van der Waals surface area contributed by atoms with Crippen molar-refractivity contribution in [3.63, 3.8) is 0 Å². The Morgan fingerprint density at radius 1 is 0.952 bits per heavy atom. The number of hydrogen-bond donors (Lipinski definition) is 0. The van der Waals surface area contributed by atoms with Crippen molar-refractivity contribution >= 4 is 0 Å². The maximum Gasteiger partial charge on any atom is 0.0435 e. The third kappa shape index (κ3) is 3.73. The predicted octanol–water partition coefficient (Wildman–Crippen LogP) is 4.78. The van der Waals surface area contributed by atoms with Crippen LogP contribution in [0.5, 0.6) is 0 Å². The molecule has 0 radical (unpaired) electrons. The molecule has 0 unspecified atom stereocenters. The van der Waals surface area contributed by atoms with Gasteiger partial charge in [0.1, 0.15) is 0 Å². The Kier molecular flexibility index (Phi) is 4.36. The Balaban J connectivity index is 1.71. The average molecular weight is 275 g/mol. The van der Waals surface area contributed by atoms with Crippen LogP contribution in [0, 0.1) is 17.8 Å². The first-order valence-electron chi connectivity index (χ1n) is 7.84. The summed E-state index contributed by atoms with van der Waals surface area (Å²) in [7, 11) is 0. The van der Waals surface area contributed by atoms with Crippen LogP contribution in [0.4, 0.5) is 0 Å². The number of benzene rings is 1. The molecule has 1 heterocycles. The molecule has 1 saturated carbocycles. The molecule has 2 atom stereocenters. The van der Waals surface area contributed by atoms with E-state index in [9.17, 15) is 0 Å². The summed E-state index contributed by atoms with van der Waals surface area (Å²) in [5.74, 6) is 7.84.